The number of carboxylic acids is 1. The van der Waals surface area contributed by atoms with Crippen LogP contribution in [0.2, 0.25) is 0 Å². The second-order valence-electron chi connectivity index (χ2n) is 5.29. The van der Waals surface area contributed by atoms with Gasteiger partial charge in [0.05, 0.1) is 6.54 Å². The maximum atomic E-state index is 11.0. The summed E-state index contributed by atoms with van der Waals surface area (Å²) in [5, 5.41) is 12.4. The Hall–Kier alpha value is -1.43. The van der Waals surface area contributed by atoms with Gasteiger partial charge in [0.25, 0.3) is 0 Å². The number of nitrogens with zero attached hydrogens (tertiary/aromatic N) is 2. The number of likely N-dealkylation sites (N-methyl/N-ethyl adjacent to an activating group) is 1. The third-order valence-corrected chi connectivity index (χ3v) is 3.74. The molecule has 0 spiro atoms. The summed E-state index contributed by atoms with van der Waals surface area (Å²) in [6, 6.07) is 10.3. The van der Waals surface area contributed by atoms with Crippen molar-refractivity contribution in [3.63, 3.8) is 0 Å². The lowest BCUT2D eigenvalue weighted by Gasteiger charge is -2.35. The fourth-order valence-electron chi connectivity index (χ4n) is 2.64. The minimum Gasteiger partial charge on any atom is -0.480 e. The molecule has 5 nitrogen and oxygen atoms in total. The maximum Gasteiger partial charge on any atom is 0.317 e. The second kappa shape index (κ2) is 7.38. The number of rotatable bonds is 6. The lowest BCUT2D eigenvalue weighted by Crippen LogP contribution is -2.47. The van der Waals surface area contributed by atoms with E-state index in [0.29, 0.717) is 0 Å². The van der Waals surface area contributed by atoms with Gasteiger partial charge in [0, 0.05) is 38.8 Å². The summed E-state index contributed by atoms with van der Waals surface area (Å²) in [4.78, 5) is 15.3. The molecule has 0 aromatic heterocycles. The van der Waals surface area contributed by atoms with E-state index in [-0.39, 0.29) is 12.6 Å². The molecule has 5 heteroatoms. The Bertz CT molecular complexity index is 418. The van der Waals surface area contributed by atoms with Crippen molar-refractivity contribution in [2.45, 2.75) is 6.04 Å². The van der Waals surface area contributed by atoms with Crippen LogP contribution in [0, 0.1) is 0 Å². The van der Waals surface area contributed by atoms with E-state index in [2.05, 4.69) is 22.3 Å². The van der Waals surface area contributed by atoms with Crippen LogP contribution in [-0.4, -0.2) is 67.2 Å². The van der Waals surface area contributed by atoms with E-state index in [1.54, 1.807) is 0 Å². The molecule has 1 saturated heterocycles. The number of carboxylic acid groups (broad SMARTS) is 1. The highest BCUT2D eigenvalue weighted by Crippen LogP contribution is 2.20. The Balaban J connectivity index is 2.08. The molecule has 1 aromatic rings. The van der Waals surface area contributed by atoms with Crippen molar-refractivity contribution in [2.24, 2.45) is 0 Å². The molecule has 110 valence electrons. The van der Waals surface area contributed by atoms with Crippen molar-refractivity contribution in [3.8, 4) is 0 Å². The standard InChI is InChI=1S/C15H23N3O2/c1-17(12-15(19)20)14(13-5-3-2-4-6-13)11-18-9-7-16-8-10-18/h2-6,14,16H,7-12H2,1H3,(H,19,20). The zero-order chi connectivity index (χ0) is 14.4. The van der Waals surface area contributed by atoms with E-state index in [4.69, 9.17) is 5.11 Å². The van der Waals surface area contributed by atoms with Gasteiger partial charge >= 0.3 is 5.97 Å². The van der Waals surface area contributed by atoms with Crippen molar-refractivity contribution < 1.29 is 9.90 Å². The molecular formula is C15H23N3O2. The van der Waals surface area contributed by atoms with Gasteiger partial charge in [0.15, 0.2) is 0 Å². The Morgan fingerprint density at radius 1 is 1.35 bits per heavy atom. The average Bonchev–Trinajstić information content (AvgIpc) is 2.46. The number of benzene rings is 1. The van der Waals surface area contributed by atoms with Gasteiger partial charge in [0.1, 0.15) is 0 Å². The van der Waals surface area contributed by atoms with Crippen molar-refractivity contribution >= 4 is 5.97 Å². The van der Waals surface area contributed by atoms with Crippen LogP contribution in [0.25, 0.3) is 0 Å². The number of carbonyl (C=O) groups is 1. The molecule has 0 radical (unpaired) electrons. The molecule has 1 aromatic carbocycles. The fraction of sp³-hybridized carbons (Fsp3) is 0.533. The molecule has 1 heterocycles. The highest BCUT2D eigenvalue weighted by Gasteiger charge is 2.22. The Morgan fingerprint density at radius 3 is 2.60 bits per heavy atom. The third kappa shape index (κ3) is 4.30. The number of nitrogens with one attached hydrogen (secondary N) is 1. The van der Waals surface area contributed by atoms with E-state index in [1.807, 2.05) is 30.1 Å². The Kier molecular flexibility index (Phi) is 5.52. The SMILES string of the molecule is CN(CC(=O)O)C(CN1CCNCC1)c1ccccc1. The normalized spacial score (nSPS) is 18.1. The summed E-state index contributed by atoms with van der Waals surface area (Å²) in [7, 11) is 1.88. The van der Waals surface area contributed by atoms with Crippen molar-refractivity contribution in [1.29, 1.82) is 0 Å². The molecule has 0 aliphatic carbocycles. The first-order chi connectivity index (χ1) is 9.66. The van der Waals surface area contributed by atoms with Crippen LogP contribution in [0.4, 0.5) is 0 Å². The maximum absolute atomic E-state index is 11.0. The summed E-state index contributed by atoms with van der Waals surface area (Å²) in [6.07, 6.45) is 0. The van der Waals surface area contributed by atoms with Gasteiger partial charge in [-0.3, -0.25) is 14.6 Å². The number of hydrogen-bond donors (Lipinski definition) is 2. The van der Waals surface area contributed by atoms with Crippen LogP contribution in [0.1, 0.15) is 11.6 Å². The summed E-state index contributed by atoms with van der Waals surface area (Å²) in [5.74, 6) is -0.784. The first kappa shape index (κ1) is 15.0. The van der Waals surface area contributed by atoms with Crippen LogP contribution in [-0.2, 0) is 4.79 Å². The number of aliphatic carboxylic acids is 1. The lowest BCUT2D eigenvalue weighted by molar-refractivity contribution is -0.138. The molecule has 1 aliphatic rings. The predicted octanol–water partition coefficient (Wildman–Crippen LogP) is 0.649. The van der Waals surface area contributed by atoms with E-state index in [9.17, 15) is 4.79 Å². The highest BCUT2D eigenvalue weighted by atomic mass is 16.4. The van der Waals surface area contributed by atoms with Gasteiger partial charge in [-0.2, -0.15) is 0 Å². The van der Waals surface area contributed by atoms with Gasteiger partial charge in [-0.05, 0) is 12.6 Å². The smallest absolute Gasteiger partial charge is 0.317 e. The van der Waals surface area contributed by atoms with E-state index < -0.39 is 5.97 Å². The van der Waals surface area contributed by atoms with Crippen LogP contribution >= 0.6 is 0 Å². The number of piperazine rings is 1. The summed E-state index contributed by atoms with van der Waals surface area (Å²) in [5.41, 5.74) is 1.18. The molecule has 1 aliphatic heterocycles. The zero-order valence-electron chi connectivity index (χ0n) is 12.0. The first-order valence-corrected chi connectivity index (χ1v) is 7.07. The van der Waals surface area contributed by atoms with Crippen LogP contribution in [0.3, 0.4) is 0 Å². The molecular weight excluding hydrogens is 254 g/mol. The van der Waals surface area contributed by atoms with Crippen LogP contribution < -0.4 is 5.32 Å². The lowest BCUT2D eigenvalue weighted by atomic mass is 10.0. The second-order valence-corrected chi connectivity index (χ2v) is 5.29. The van der Waals surface area contributed by atoms with Gasteiger partial charge < -0.3 is 10.4 Å². The zero-order valence-corrected chi connectivity index (χ0v) is 12.0. The molecule has 0 bridgehead atoms. The van der Waals surface area contributed by atoms with Crippen LogP contribution in [0.5, 0.6) is 0 Å². The monoisotopic (exact) mass is 277 g/mol. The molecule has 2 N–H and O–H groups in total. The Morgan fingerprint density at radius 2 is 2.00 bits per heavy atom. The summed E-state index contributed by atoms with van der Waals surface area (Å²) < 4.78 is 0. The molecule has 0 amide bonds. The minimum atomic E-state index is -0.784. The van der Waals surface area contributed by atoms with E-state index in [1.165, 1.54) is 5.56 Å². The van der Waals surface area contributed by atoms with Gasteiger partial charge in [-0.1, -0.05) is 30.3 Å². The first-order valence-electron chi connectivity index (χ1n) is 7.07. The highest BCUT2D eigenvalue weighted by molar-refractivity contribution is 5.69. The third-order valence-electron chi connectivity index (χ3n) is 3.74. The summed E-state index contributed by atoms with van der Waals surface area (Å²) in [6.45, 7) is 4.98. The van der Waals surface area contributed by atoms with Crippen molar-refractivity contribution in [2.75, 3.05) is 46.3 Å². The fourth-order valence-corrected chi connectivity index (χ4v) is 2.64. The van der Waals surface area contributed by atoms with E-state index >= 15 is 0 Å². The number of hydrogen-bond acceptors (Lipinski definition) is 4. The van der Waals surface area contributed by atoms with Gasteiger partial charge in [-0.25, -0.2) is 0 Å². The molecule has 1 unspecified atom stereocenters. The topological polar surface area (TPSA) is 55.8 Å². The van der Waals surface area contributed by atoms with E-state index in [0.717, 1.165) is 32.7 Å². The largest absolute Gasteiger partial charge is 0.480 e. The molecule has 20 heavy (non-hydrogen) atoms. The van der Waals surface area contributed by atoms with Gasteiger partial charge in [-0.15, -0.1) is 0 Å². The molecule has 1 fully saturated rings. The predicted molar refractivity (Wildman–Crippen MR) is 78.8 cm³/mol. The summed E-state index contributed by atoms with van der Waals surface area (Å²) >= 11 is 0. The van der Waals surface area contributed by atoms with Gasteiger partial charge in [0.2, 0.25) is 0 Å². The average molecular weight is 277 g/mol. The molecule has 2 rings (SSSR count). The van der Waals surface area contributed by atoms with Crippen molar-refractivity contribution in [1.82, 2.24) is 15.1 Å². The van der Waals surface area contributed by atoms with Crippen molar-refractivity contribution in [3.05, 3.63) is 35.9 Å². The molecule has 1 atom stereocenters. The molecule has 0 saturated carbocycles. The minimum absolute atomic E-state index is 0.0612. The quantitative estimate of drug-likeness (QED) is 0.799. The Labute approximate surface area is 120 Å². The van der Waals surface area contributed by atoms with Crippen LogP contribution in [0.15, 0.2) is 30.3 Å².